The number of carbonyl (C=O) groups is 1. The van der Waals surface area contributed by atoms with Gasteiger partial charge in [0.05, 0.1) is 43.3 Å². The maximum Gasteiger partial charge on any atom is 0.258 e. The molecule has 1 heterocycles. The molecule has 2 rings (SSSR count). The van der Waals surface area contributed by atoms with Gasteiger partial charge in [-0.2, -0.15) is 0 Å². The number of nitrogens with one attached hydrogen (secondary N) is 1. The van der Waals surface area contributed by atoms with Crippen LogP contribution in [0.4, 0.5) is 8.78 Å². The maximum absolute atomic E-state index is 13.9. The lowest BCUT2D eigenvalue weighted by molar-refractivity contribution is -0.902. The summed E-state index contributed by atoms with van der Waals surface area (Å²) in [5, 5.41) is -0.000770. The molecule has 1 aromatic carbocycles. The summed E-state index contributed by atoms with van der Waals surface area (Å²) in [4.78, 5) is 15.3. The van der Waals surface area contributed by atoms with E-state index in [9.17, 15) is 13.6 Å². The molecule has 1 saturated heterocycles. The molecule has 0 spiro atoms. The topological polar surface area (TPSA) is 24.8 Å². The third kappa shape index (κ3) is 2.79. The highest BCUT2D eigenvalue weighted by Crippen LogP contribution is 2.27. The van der Waals surface area contributed by atoms with Crippen LogP contribution in [0, 0.1) is 18.6 Å². The Morgan fingerprint density at radius 1 is 1.40 bits per heavy atom. The average Bonchev–Trinajstić information content (AvgIpc) is 2.45. The van der Waals surface area contributed by atoms with Gasteiger partial charge in [0.15, 0.2) is 11.6 Å². The first-order valence-corrected chi connectivity index (χ1v) is 7.10. The Hall–Kier alpha value is -1.20. The number of aryl methyl sites for hydroxylation is 1. The van der Waals surface area contributed by atoms with Crippen molar-refractivity contribution in [2.45, 2.75) is 13.8 Å². The second-order valence-corrected chi connectivity index (χ2v) is 5.45. The number of carbonyl (C=O) groups excluding carboxylic acids is 1. The van der Waals surface area contributed by atoms with Crippen molar-refractivity contribution in [3.8, 4) is 0 Å². The van der Waals surface area contributed by atoms with E-state index in [1.165, 1.54) is 4.90 Å². The largest absolute Gasteiger partial charge is 0.332 e. The Kier molecular flexibility index (Phi) is 4.60. The Labute approximate surface area is 122 Å². The van der Waals surface area contributed by atoms with E-state index in [2.05, 4.69) is 6.92 Å². The molecule has 0 bridgehead atoms. The summed E-state index contributed by atoms with van der Waals surface area (Å²) in [5.74, 6) is -2.71. The van der Waals surface area contributed by atoms with E-state index >= 15 is 0 Å². The highest BCUT2D eigenvalue weighted by Gasteiger charge is 2.29. The van der Waals surface area contributed by atoms with Gasteiger partial charge in [0, 0.05) is 0 Å². The second kappa shape index (κ2) is 6.06. The summed E-state index contributed by atoms with van der Waals surface area (Å²) >= 11 is 5.98. The number of benzene rings is 1. The SMILES string of the molecule is CC[NH+]1CCN(C(=O)c2c(F)c(F)cc(C)c2Cl)CC1. The molecule has 0 aromatic heterocycles. The van der Waals surface area contributed by atoms with Crippen molar-refractivity contribution < 1.29 is 18.5 Å². The molecule has 3 nitrogen and oxygen atoms in total. The van der Waals surface area contributed by atoms with Crippen LogP contribution in [0.25, 0.3) is 0 Å². The van der Waals surface area contributed by atoms with E-state index in [0.29, 0.717) is 18.7 Å². The van der Waals surface area contributed by atoms with Gasteiger partial charge in [-0.15, -0.1) is 0 Å². The fourth-order valence-corrected chi connectivity index (χ4v) is 2.67. The Morgan fingerprint density at radius 3 is 2.55 bits per heavy atom. The van der Waals surface area contributed by atoms with Crippen LogP contribution in [-0.4, -0.2) is 43.5 Å². The zero-order valence-electron chi connectivity index (χ0n) is 11.6. The summed E-state index contributed by atoms with van der Waals surface area (Å²) in [5.41, 5.74) is 0.0239. The number of likely N-dealkylation sites (N-methyl/N-ethyl adjacent to an activating group) is 1. The van der Waals surface area contributed by atoms with Crippen molar-refractivity contribution in [2.24, 2.45) is 0 Å². The normalized spacial score (nSPS) is 16.6. The van der Waals surface area contributed by atoms with Crippen LogP contribution in [0.5, 0.6) is 0 Å². The molecule has 1 aliphatic rings. The van der Waals surface area contributed by atoms with Gasteiger partial charge >= 0.3 is 0 Å². The fraction of sp³-hybridized carbons (Fsp3) is 0.500. The van der Waals surface area contributed by atoms with Gasteiger partial charge in [0.25, 0.3) is 5.91 Å². The number of quaternary nitrogens is 1. The van der Waals surface area contributed by atoms with Crippen molar-refractivity contribution in [1.29, 1.82) is 0 Å². The molecule has 1 N–H and O–H groups in total. The average molecular weight is 304 g/mol. The van der Waals surface area contributed by atoms with Crippen LogP contribution in [0.3, 0.4) is 0 Å². The van der Waals surface area contributed by atoms with Crippen molar-refractivity contribution >= 4 is 17.5 Å². The van der Waals surface area contributed by atoms with Crippen LogP contribution in [0.15, 0.2) is 6.07 Å². The summed E-state index contributed by atoms with van der Waals surface area (Å²) in [6, 6.07) is 1.01. The molecule has 20 heavy (non-hydrogen) atoms. The van der Waals surface area contributed by atoms with Gasteiger partial charge in [0.1, 0.15) is 0 Å². The van der Waals surface area contributed by atoms with Gasteiger partial charge in [-0.25, -0.2) is 8.78 Å². The third-order valence-corrected chi connectivity index (χ3v) is 4.30. The van der Waals surface area contributed by atoms with Gasteiger partial charge in [-0.1, -0.05) is 11.6 Å². The zero-order chi connectivity index (χ0) is 14.9. The van der Waals surface area contributed by atoms with Gasteiger partial charge in [-0.05, 0) is 25.5 Å². The molecule has 0 aliphatic carbocycles. The molecule has 6 heteroatoms. The number of rotatable bonds is 2. The summed E-state index contributed by atoms with van der Waals surface area (Å²) < 4.78 is 27.3. The zero-order valence-corrected chi connectivity index (χ0v) is 12.4. The highest BCUT2D eigenvalue weighted by atomic mass is 35.5. The molecule has 1 fully saturated rings. The van der Waals surface area contributed by atoms with Crippen LogP contribution in [0.1, 0.15) is 22.8 Å². The molecule has 0 unspecified atom stereocenters. The minimum atomic E-state index is -1.16. The van der Waals surface area contributed by atoms with Crippen LogP contribution >= 0.6 is 11.6 Å². The monoisotopic (exact) mass is 303 g/mol. The van der Waals surface area contributed by atoms with Crippen molar-refractivity contribution in [3.05, 3.63) is 33.9 Å². The van der Waals surface area contributed by atoms with E-state index < -0.39 is 17.5 Å². The number of piperazine rings is 1. The van der Waals surface area contributed by atoms with Crippen LogP contribution in [0.2, 0.25) is 5.02 Å². The van der Waals surface area contributed by atoms with Crippen molar-refractivity contribution in [3.63, 3.8) is 0 Å². The minimum absolute atomic E-state index is 0.000770. The van der Waals surface area contributed by atoms with E-state index in [1.807, 2.05) is 0 Å². The van der Waals surface area contributed by atoms with Gasteiger partial charge in [0.2, 0.25) is 0 Å². The molecule has 0 atom stereocenters. The highest BCUT2D eigenvalue weighted by molar-refractivity contribution is 6.34. The predicted octanol–water partition coefficient (Wildman–Crippen LogP) is 1.29. The van der Waals surface area contributed by atoms with E-state index in [1.54, 1.807) is 11.8 Å². The molecule has 1 aromatic rings. The number of amides is 1. The second-order valence-electron chi connectivity index (χ2n) is 5.07. The van der Waals surface area contributed by atoms with Gasteiger partial charge in [-0.3, -0.25) is 4.79 Å². The standard InChI is InChI=1S/C14H17ClF2N2O/c1-3-18-4-6-19(7-5-18)14(20)11-12(15)9(2)8-10(16)13(11)17/h8H,3-7H2,1-2H3/p+1. The Morgan fingerprint density at radius 2 is 2.00 bits per heavy atom. The molecular weight excluding hydrogens is 286 g/mol. The van der Waals surface area contributed by atoms with Crippen LogP contribution in [-0.2, 0) is 0 Å². The van der Waals surface area contributed by atoms with Gasteiger partial charge < -0.3 is 9.80 Å². The quantitative estimate of drug-likeness (QED) is 0.818. The maximum atomic E-state index is 13.9. The van der Waals surface area contributed by atoms with E-state index in [0.717, 1.165) is 25.7 Å². The number of hydrogen-bond donors (Lipinski definition) is 1. The lowest BCUT2D eigenvalue weighted by atomic mass is 10.1. The first-order chi connectivity index (χ1) is 9.45. The van der Waals surface area contributed by atoms with Crippen molar-refractivity contribution in [2.75, 3.05) is 32.7 Å². The minimum Gasteiger partial charge on any atom is -0.332 e. The van der Waals surface area contributed by atoms with E-state index in [-0.39, 0.29) is 10.6 Å². The van der Waals surface area contributed by atoms with E-state index in [4.69, 9.17) is 11.6 Å². The van der Waals surface area contributed by atoms with Crippen molar-refractivity contribution in [1.82, 2.24) is 4.90 Å². The lowest BCUT2D eigenvalue weighted by Gasteiger charge is -2.32. The smallest absolute Gasteiger partial charge is 0.258 e. The Balaban J connectivity index is 2.26. The third-order valence-electron chi connectivity index (χ3n) is 3.81. The number of hydrogen-bond acceptors (Lipinski definition) is 1. The summed E-state index contributed by atoms with van der Waals surface area (Å²) in [6.07, 6.45) is 0. The molecule has 0 saturated carbocycles. The summed E-state index contributed by atoms with van der Waals surface area (Å²) in [7, 11) is 0. The number of nitrogens with zero attached hydrogens (tertiary/aromatic N) is 1. The lowest BCUT2D eigenvalue weighted by Crippen LogP contribution is -3.14. The number of halogens is 3. The first-order valence-electron chi connectivity index (χ1n) is 6.72. The molecule has 1 aliphatic heterocycles. The summed E-state index contributed by atoms with van der Waals surface area (Å²) in [6.45, 7) is 7.34. The van der Waals surface area contributed by atoms with Crippen LogP contribution < -0.4 is 4.90 Å². The molecule has 0 radical (unpaired) electrons. The Bertz CT molecular complexity index is 502. The molecule has 1 amide bonds. The molecular formula is C14H18ClF2N2O+. The first kappa shape index (κ1) is 15.2. The molecule has 110 valence electrons. The predicted molar refractivity (Wildman–Crippen MR) is 73.2 cm³/mol. The fourth-order valence-electron chi connectivity index (χ4n) is 2.46.